The van der Waals surface area contributed by atoms with Crippen molar-refractivity contribution in [1.29, 1.82) is 0 Å². The zero-order valence-corrected chi connectivity index (χ0v) is 17.7. The van der Waals surface area contributed by atoms with Gasteiger partial charge in [0.25, 0.3) is 0 Å². The van der Waals surface area contributed by atoms with E-state index >= 15 is 0 Å². The molecule has 2 aliphatic rings. The van der Waals surface area contributed by atoms with Gasteiger partial charge in [-0.2, -0.15) is 0 Å². The predicted molar refractivity (Wildman–Crippen MR) is 113 cm³/mol. The third-order valence-corrected chi connectivity index (χ3v) is 6.71. The number of nitrogens with one attached hydrogen (secondary N) is 1. The standard InChI is InChI=1S/C22H27N3O3S/c1-15-14-18(22(26)17-5-8-19(9-6-17)24-29(2,27)28)11-13-25(15)20-10-7-16-4-3-12-23-21(16)20/h3-6,8-9,12,15,18,20,24H,7,10-11,13-14H2,1-2H3. The number of Topliss-reactive ketones (excluding diaryl/α,β-unsaturated/α-hetero) is 1. The summed E-state index contributed by atoms with van der Waals surface area (Å²) in [5.41, 5.74) is 3.67. The molecule has 1 aromatic heterocycles. The van der Waals surface area contributed by atoms with Crippen LogP contribution in [-0.4, -0.2) is 42.9 Å². The number of rotatable bonds is 5. The van der Waals surface area contributed by atoms with Crippen LogP contribution in [0.15, 0.2) is 42.6 Å². The van der Waals surface area contributed by atoms with Crippen LogP contribution in [0.4, 0.5) is 5.69 Å². The summed E-state index contributed by atoms with van der Waals surface area (Å²) in [4.78, 5) is 20.1. The molecule has 1 aliphatic heterocycles. The lowest BCUT2D eigenvalue weighted by atomic mass is 9.84. The second kappa shape index (κ2) is 7.88. The molecule has 2 heterocycles. The number of aryl methyl sites for hydroxylation is 1. The van der Waals surface area contributed by atoms with Crippen molar-refractivity contribution in [1.82, 2.24) is 9.88 Å². The molecule has 0 saturated carbocycles. The van der Waals surface area contributed by atoms with E-state index in [0.717, 1.165) is 38.5 Å². The zero-order chi connectivity index (χ0) is 20.6. The van der Waals surface area contributed by atoms with Crippen LogP contribution in [0, 0.1) is 5.92 Å². The summed E-state index contributed by atoms with van der Waals surface area (Å²) in [7, 11) is -3.32. The third kappa shape index (κ3) is 4.36. The van der Waals surface area contributed by atoms with Crippen LogP contribution in [0.5, 0.6) is 0 Å². The van der Waals surface area contributed by atoms with Crippen molar-refractivity contribution in [3.05, 3.63) is 59.4 Å². The SMILES string of the molecule is CC1CC(C(=O)c2ccc(NS(C)(=O)=O)cc2)CCN1C1CCc2cccnc21. The van der Waals surface area contributed by atoms with Crippen LogP contribution >= 0.6 is 0 Å². The van der Waals surface area contributed by atoms with E-state index in [1.54, 1.807) is 24.3 Å². The lowest BCUT2D eigenvalue weighted by Gasteiger charge is -2.40. The van der Waals surface area contributed by atoms with Crippen molar-refractivity contribution < 1.29 is 13.2 Å². The molecule has 4 rings (SSSR count). The van der Waals surface area contributed by atoms with E-state index in [1.165, 1.54) is 11.3 Å². The fourth-order valence-corrected chi connectivity index (χ4v) is 5.32. The number of sulfonamides is 1. The average Bonchev–Trinajstić information content (AvgIpc) is 3.11. The molecule has 0 bridgehead atoms. The Morgan fingerprint density at radius 1 is 1.17 bits per heavy atom. The van der Waals surface area contributed by atoms with Gasteiger partial charge in [0.1, 0.15) is 0 Å². The first-order valence-corrected chi connectivity index (χ1v) is 12.0. The first-order valence-electron chi connectivity index (χ1n) is 10.1. The Hall–Kier alpha value is -2.25. The number of anilines is 1. The van der Waals surface area contributed by atoms with E-state index < -0.39 is 10.0 Å². The number of fused-ring (bicyclic) bond motifs is 1. The number of carbonyl (C=O) groups excluding carboxylic acids is 1. The van der Waals surface area contributed by atoms with Gasteiger partial charge in [-0.05, 0) is 75.0 Å². The van der Waals surface area contributed by atoms with Crippen molar-refractivity contribution in [3.63, 3.8) is 0 Å². The normalized spacial score (nSPS) is 24.8. The number of likely N-dealkylation sites (tertiary alicyclic amines) is 1. The Morgan fingerprint density at radius 3 is 2.62 bits per heavy atom. The molecule has 0 radical (unpaired) electrons. The van der Waals surface area contributed by atoms with Crippen LogP contribution in [0.2, 0.25) is 0 Å². The highest BCUT2D eigenvalue weighted by Gasteiger charge is 2.37. The molecule has 0 spiro atoms. The molecule has 6 nitrogen and oxygen atoms in total. The maximum absolute atomic E-state index is 13.0. The van der Waals surface area contributed by atoms with E-state index in [-0.39, 0.29) is 11.7 Å². The molecule has 1 aromatic carbocycles. The number of aromatic nitrogens is 1. The maximum Gasteiger partial charge on any atom is 0.229 e. The van der Waals surface area contributed by atoms with Gasteiger partial charge < -0.3 is 0 Å². The Labute approximate surface area is 172 Å². The molecule has 1 N–H and O–H groups in total. The van der Waals surface area contributed by atoms with Gasteiger partial charge in [-0.1, -0.05) is 6.07 Å². The van der Waals surface area contributed by atoms with E-state index in [1.807, 2.05) is 12.3 Å². The van der Waals surface area contributed by atoms with Crippen LogP contribution < -0.4 is 4.72 Å². The molecule has 154 valence electrons. The number of hydrogen-bond donors (Lipinski definition) is 1. The molecule has 7 heteroatoms. The maximum atomic E-state index is 13.0. The lowest BCUT2D eigenvalue weighted by molar-refractivity contribution is 0.0600. The largest absolute Gasteiger partial charge is 0.294 e. The number of nitrogens with zero attached hydrogens (tertiary/aromatic N) is 2. The minimum absolute atomic E-state index is 0.000395. The van der Waals surface area contributed by atoms with Gasteiger partial charge in [0.2, 0.25) is 10.0 Å². The van der Waals surface area contributed by atoms with Crippen LogP contribution in [0.25, 0.3) is 0 Å². The quantitative estimate of drug-likeness (QED) is 0.760. The second-order valence-corrected chi connectivity index (χ2v) is 9.97. The Kier molecular flexibility index (Phi) is 5.44. The van der Waals surface area contributed by atoms with Crippen molar-refractivity contribution in [2.75, 3.05) is 17.5 Å². The molecular formula is C22H27N3O3S. The smallest absolute Gasteiger partial charge is 0.229 e. The highest BCUT2D eigenvalue weighted by atomic mass is 32.2. The molecule has 1 saturated heterocycles. The fraction of sp³-hybridized carbons (Fsp3) is 0.455. The van der Waals surface area contributed by atoms with Crippen molar-refractivity contribution >= 4 is 21.5 Å². The summed E-state index contributed by atoms with van der Waals surface area (Å²) in [5.74, 6) is 0.145. The average molecular weight is 414 g/mol. The number of benzene rings is 1. The molecule has 3 unspecified atom stereocenters. The van der Waals surface area contributed by atoms with Crippen molar-refractivity contribution in [3.8, 4) is 0 Å². The van der Waals surface area contributed by atoms with Gasteiger partial charge in [-0.25, -0.2) is 8.42 Å². The topological polar surface area (TPSA) is 79.4 Å². The number of hydrogen-bond acceptors (Lipinski definition) is 5. The molecule has 29 heavy (non-hydrogen) atoms. The van der Waals surface area contributed by atoms with Crippen molar-refractivity contribution in [2.24, 2.45) is 5.92 Å². The number of piperidine rings is 1. The van der Waals surface area contributed by atoms with Gasteiger partial charge in [0.05, 0.1) is 18.0 Å². The van der Waals surface area contributed by atoms with Gasteiger partial charge in [-0.3, -0.25) is 19.4 Å². The van der Waals surface area contributed by atoms with Gasteiger partial charge in [-0.15, -0.1) is 0 Å². The molecular weight excluding hydrogens is 386 g/mol. The molecule has 1 fully saturated rings. The molecule has 0 amide bonds. The van der Waals surface area contributed by atoms with Crippen molar-refractivity contribution in [2.45, 2.75) is 44.7 Å². The summed E-state index contributed by atoms with van der Waals surface area (Å²) >= 11 is 0. The Bertz CT molecular complexity index is 1000. The van der Waals surface area contributed by atoms with Crippen LogP contribution in [-0.2, 0) is 16.4 Å². The highest BCUT2D eigenvalue weighted by Crippen LogP contribution is 2.39. The Balaban J connectivity index is 1.41. The third-order valence-electron chi connectivity index (χ3n) is 6.10. The number of carbonyl (C=O) groups is 1. The first kappa shape index (κ1) is 20.0. The molecule has 1 aliphatic carbocycles. The zero-order valence-electron chi connectivity index (χ0n) is 16.8. The molecule has 3 atom stereocenters. The minimum Gasteiger partial charge on any atom is -0.294 e. The van der Waals surface area contributed by atoms with Gasteiger partial charge >= 0.3 is 0 Å². The second-order valence-electron chi connectivity index (χ2n) is 8.23. The van der Waals surface area contributed by atoms with E-state index in [2.05, 4.69) is 27.6 Å². The van der Waals surface area contributed by atoms with Crippen LogP contribution in [0.3, 0.4) is 0 Å². The molecule has 2 aromatic rings. The first-order chi connectivity index (χ1) is 13.8. The monoisotopic (exact) mass is 413 g/mol. The predicted octanol–water partition coefficient (Wildman–Crippen LogP) is 3.42. The highest BCUT2D eigenvalue weighted by molar-refractivity contribution is 7.92. The van der Waals surface area contributed by atoms with Crippen LogP contribution in [0.1, 0.15) is 53.8 Å². The summed E-state index contributed by atoms with van der Waals surface area (Å²) < 4.78 is 25.1. The summed E-state index contributed by atoms with van der Waals surface area (Å²) in [6, 6.07) is 11.6. The Morgan fingerprint density at radius 2 is 1.93 bits per heavy atom. The summed E-state index contributed by atoms with van der Waals surface area (Å²) in [5, 5.41) is 0. The summed E-state index contributed by atoms with van der Waals surface area (Å²) in [6.07, 6.45) is 6.84. The number of pyridine rings is 1. The summed E-state index contributed by atoms with van der Waals surface area (Å²) in [6.45, 7) is 3.10. The van der Waals surface area contributed by atoms with Gasteiger partial charge in [0, 0.05) is 29.4 Å². The number of ketones is 1. The fourth-order valence-electron chi connectivity index (χ4n) is 4.76. The lowest BCUT2D eigenvalue weighted by Crippen LogP contribution is -2.44. The van der Waals surface area contributed by atoms with E-state index in [4.69, 9.17) is 0 Å². The van der Waals surface area contributed by atoms with E-state index in [9.17, 15) is 13.2 Å². The minimum atomic E-state index is -3.32. The van der Waals surface area contributed by atoms with E-state index in [0.29, 0.717) is 23.3 Å². The van der Waals surface area contributed by atoms with Gasteiger partial charge in [0.15, 0.2) is 5.78 Å².